The van der Waals surface area contributed by atoms with Gasteiger partial charge in [0.2, 0.25) is 0 Å². The Morgan fingerprint density at radius 1 is 1.33 bits per heavy atom. The first-order chi connectivity index (χ1) is 10.1. The molecule has 1 N–H and O–H groups in total. The van der Waals surface area contributed by atoms with Crippen LogP contribution in [0.4, 0.5) is 11.4 Å². The molecule has 0 amide bonds. The van der Waals surface area contributed by atoms with Crippen LogP contribution in [-0.4, -0.2) is 18.1 Å². The zero-order valence-electron chi connectivity index (χ0n) is 12.8. The second kappa shape index (κ2) is 7.29. The number of non-ortho nitro benzene ring substituents is 1. The largest absolute Gasteiger partial charge is 0.496 e. The van der Waals surface area contributed by atoms with Gasteiger partial charge in [0.05, 0.1) is 18.1 Å². The topological polar surface area (TPSA) is 64.4 Å². The highest BCUT2D eigenvalue weighted by atomic mass is 16.6. The minimum Gasteiger partial charge on any atom is -0.496 e. The van der Waals surface area contributed by atoms with Gasteiger partial charge in [0.25, 0.3) is 5.69 Å². The van der Waals surface area contributed by atoms with E-state index in [4.69, 9.17) is 4.74 Å². The molecule has 1 aliphatic carbocycles. The van der Waals surface area contributed by atoms with E-state index in [1.54, 1.807) is 6.07 Å². The number of nitro groups is 1. The van der Waals surface area contributed by atoms with E-state index in [1.807, 2.05) is 6.07 Å². The van der Waals surface area contributed by atoms with Crippen molar-refractivity contribution in [3.8, 4) is 5.75 Å². The highest BCUT2D eigenvalue weighted by molar-refractivity contribution is 5.56. The minimum atomic E-state index is -0.380. The number of anilines is 1. The summed E-state index contributed by atoms with van der Waals surface area (Å²) in [5.41, 5.74) is 0.842. The Morgan fingerprint density at radius 3 is 2.62 bits per heavy atom. The monoisotopic (exact) mass is 292 g/mol. The van der Waals surface area contributed by atoms with E-state index in [0.29, 0.717) is 17.7 Å². The van der Waals surface area contributed by atoms with E-state index in [-0.39, 0.29) is 10.6 Å². The van der Waals surface area contributed by atoms with Crippen molar-refractivity contribution < 1.29 is 9.66 Å². The van der Waals surface area contributed by atoms with Gasteiger partial charge in [-0.3, -0.25) is 10.1 Å². The molecular weight excluding hydrogens is 268 g/mol. The van der Waals surface area contributed by atoms with Gasteiger partial charge in [-0.25, -0.2) is 0 Å². The first-order valence-corrected chi connectivity index (χ1v) is 7.74. The van der Waals surface area contributed by atoms with Gasteiger partial charge in [-0.2, -0.15) is 0 Å². The van der Waals surface area contributed by atoms with E-state index in [1.165, 1.54) is 45.3 Å². The van der Waals surface area contributed by atoms with Gasteiger partial charge in [-0.05, 0) is 25.2 Å². The number of hydrogen-bond donors (Lipinski definition) is 1. The van der Waals surface area contributed by atoms with E-state index < -0.39 is 0 Å². The molecule has 2 rings (SSSR count). The van der Waals surface area contributed by atoms with Crippen LogP contribution in [0.15, 0.2) is 18.2 Å². The average molecular weight is 292 g/mol. The van der Waals surface area contributed by atoms with Gasteiger partial charge in [-0.1, -0.05) is 26.2 Å². The summed E-state index contributed by atoms with van der Waals surface area (Å²) in [6.07, 6.45) is 7.44. The SMILES string of the molecule is CCC(Nc1cc(OC)cc([N+](=O)[O-])c1)C1CCCCC1. The number of hydrogen-bond acceptors (Lipinski definition) is 4. The molecule has 0 aromatic heterocycles. The third-order valence-electron chi connectivity index (χ3n) is 4.35. The molecule has 21 heavy (non-hydrogen) atoms. The molecule has 116 valence electrons. The van der Waals surface area contributed by atoms with Gasteiger partial charge in [-0.15, -0.1) is 0 Å². The van der Waals surface area contributed by atoms with Crippen molar-refractivity contribution in [3.05, 3.63) is 28.3 Å². The summed E-state index contributed by atoms with van der Waals surface area (Å²) in [5, 5.41) is 14.5. The summed E-state index contributed by atoms with van der Waals surface area (Å²) in [6, 6.07) is 5.25. The van der Waals surface area contributed by atoms with Crippen LogP contribution in [-0.2, 0) is 0 Å². The highest BCUT2D eigenvalue weighted by Crippen LogP contribution is 2.32. The van der Waals surface area contributed by atoms with Crippen molar-refractivity contribution in [1.82, 2.24) is 0 Å². The van der Waals surface area contributed by atoms with Crippen LogP contribution in [0.25, 0.3) is 0 Å². The van der Waals surface area contributed by atoms with E-state index in [0.717, 1.165) is 12.1 Å². The van der Waals surface area contributed by atoms with Crippen LogP contribution in [0.3, 0.4) is 0 Å². The number of nitrogens with zero attached hydrogens (tertiary/aromatic N) is 1. The number of ether oxygens (including phenoxy) is 1. The summed E-state index contributed by atoms with van der Waals surface area (Å²) in [5.74, 6) is 1.18. The Bertz CT molecular complexity index is 484. The lowest BCUT2D eigenvalue weighted by Crippen LogP contribution is -2.30. The zero-order chi connectivity index (χ0) is 15.2. The molecule has 1 saturated carbocycles. The molecule has 1 atom stereocenters. The van der Waals surface area contributed by atoms with Crippen LogP contribution in [0.2, 0.25) is 0 Å². The Labute approximate surface area is 125 Å². The molecule has 1 aromatic rings. The summed E-state index contributed by atoms with van der Waals surface area (Å²) in [6.45, 7) is 2.17. The fourth-order valence-corrected chi connectivity index (χ4v) is 3.19. The Balaban J connectivity index is 2.15. The quantitative estimate of drug-likeness (QED) is 0.624. The minimum absolute atomic E-state index is 0.0651. The maximum Gasteiger partial charge on any atom is 0.275 e. The van der Waals surface area contributed by atoms with Crippen molar-refractivity contribution in [2.75, 3.05) is 12.4 Å². The highest BCUT2D eigenvalue weighted by Gasteiger charge is 2.23. The Kier molecular flexibility index (Phi) is 5.42. The molecule has 0 radical (unpaired) electrons. The third-order valence-corrected chi connectivity index (χ3v) is 4.35. The molecule has 1 unspecified atom stereocenters. The van der Waals surface area contributed by atoms with Crippen LogP contribution >= 0.6 is 0 Å². The lowest BCUT2D eigenvalue weighted by molar-refractivity contribution is -0.384. The van der Waals surface area contributed by atoms with E-state index >= 15 is 0 Å². The van der Waals surface area contributed by atoms with E-state index in [2.05, 4.69) is 12.2 Å². The smallest absolute Gasteiger partial charge is 0.275 e. The molecule has 0 heterocycles. The molecule has 0 spiro atoms. The fourth-order valence-electron chi connectivity index (χ4n) is 3.19. The molecule has 1 aromatic carbocycles. The van der Waals surface area contributed by atoms with Crippen molar-refractivity contribution >= 4 is 11.4 Å². The van der Waals surface area contributed by atoms with Gasteiger partial charge in [0.1, 0.15) is 5.75 Å². The second-order valence-electron chi connectivity index (χ2n) is 5.73. The molecule has 5 heteroatoms. The normalized spacial score (nSPS) is 17.2. The molecule has 0 bridgehead atoms. The fraction of sp³-hybridized carbons (Fsp3) is 0.625. The number of nitrogens with one attached hydrogen (secondary N) is 1. The zero-order valence-corrected chi connectivity index (χ0v) is 12.8. The number of methoxy groups -OCH3 is 1. The van der Waals surface area contributed by atoms with Crippen molar-refractivity contribution in [3.63, 3.8) is 0 Å². The molecule has 1 aliphatic rings. The third kappa shape index (κ3) is 4.09. The summed E-state index contributed by atoms with van der Waals surface area (Å²) < 4.78 is 5.16. The Morgan fingerprint density at radius 2 is 2.05 bits per heavy atom. The van der Waals surface area contributed by atoms with Crippen LogP contribution < -0.4 is 10.1 Å². The molecule has 5 nitrogen and oxygen atoms in total. The first-order valence-electron chi connectivity index (χ1n) is 7.74. The number of nitro benzene ring substituents is 1. The van der Waals surface area contributed by atoms with Gasteiger partial charge in [0.15, 0.2) is 0 Å². The van der Waals surface area contributed by atoms with Crippen LogP contribution in [0.5, 0.6) is 5.75 Å². The van der Waals surface area contributed by atoms with Gasteiger partial charge >= 0.3 is 0 Å². The average Bonchev–Trinajstić information content (AvgIpc) is 2.53. The summed E-state index contributed by atoms with van der Waals surface area (Å²) in [7, 11) is 1.53. The summed E-state index contributed by atoms with van der Waals surface area (Å²) in [4.78, 5) is 10.6. The first kappa shape index (κ1) is 15.6. The number of rotatable bonds is 6. The Hall–Kier alpha value is -1.78. The predicted molar refractivity (Wildman–Crippen MR) is 83.9 cm³/mol. The lowest BCUT2D eigenvalue weighted by Gasteiger charge is -2.31. The van der Waals surface area contributed by atoms with Crippen molar-refractivity contribution in [1.29, 1.82) is 0 Å². The predicted octanol–water partition coefficient (Wildman–Crippen LogP) is 4.37. The van der Waals surface area contributed by atoms with Crippen LogP contribution in [0, 0.1) is 16.0 Å². The van der Waals surface area contributed by atoms with Crippen molar-refractivity contribution in [2.45, 2.75) is 51.5 Å². The van der Waals surface area contributed by atoms with Crippen molar-refractivity contribution in [2.24, 2.45) is 5.92 Å². The molecule has 0 saturated heterocycles. The van der Waals surface area contributed by atoms with E-state index in [9.17, 15) is 10.1 Å². The standard InChI is InChI=1S/C16H24N2O3/c1-3-16(12-7-5-4-6-8-12)17-13-9-14(18(19)20)11-15(10-13)21-2/h9-12,16-17H,3-8H2,1-2H3. The summed E-state index contributed by atoms with van der Waals surface area (Å²) >= 11 is 0. The molecular formula is C16H24N2O3. The maximum absolute atomic E-state index is 11.0. The number of benzene rings is 1. The molecule has 0 aliphatic heterocycles. The van der Waals surface area contributed by atoms with Gasteiger partial charge < -0.3 is 10.1 Å². The van der Waals surface area contributed by atoms with Crippen LogP contribution in [0.1, 0.15) is 45.4 Å². The second-order valence-corrected chi connectivity index (χ2v) is 5.73. The molecule has 1 fully saturated rings. The lowest BCUT2D eigenvalue weighted by atomic mass is 9.83. The maximum atomic E-state index is 11.0. The van der Waals surface area contributed by atoms with Gasteiger partial charge in [0, 0.05) is 23.9 Å².